The Morgan fingerprint density at radius 1 is 1.16 bits per heavy atom. The number of aromatic nitrogens is 2. The minimum Gasteiger partial charge on any atom is -0.443 e. The molecule has 1 aromatic carbocycles. The lowest BCUT2D eigenvalue weighted by Crippen LogP contribution is -2.34. The maximum Gasteiger partial charge on any atom is 0.421 e. The Balaban J connectivity index is 2.32. The number of rotatable bonds is 4. The van der Waals surface area contributed by atoms with Crippen molar-refractivity contribution in [2.75, 3.05) is 19.1 Å². The highest BCUT2D eigenvalue weighted by molar-refractivity contribution is 7.13. The molecule has 0 aliphatic rings. The number of ether oxygens (including phenoxy) is 1. The SMILES string of the molecule is CON(C)C(=O)c1ccc(N(C(=O)OC(C)(C)C)c2nncs2)cc1. The predicted molar refractivity (Wildman–Crippen MR) is 93.8 cm³/mol. The van der Waals surface area contributed by atoms with Crippen molar-refractivity contribution in [3.63, 3.8) is 0 Å². The Morgan fingerprint density at radius 2 is 1.80 bits per heavy atom. The zero-order valence-corrected chi connectivity index (χ0v) is 15.5. The summed E-state index contributed by atoms with van der Waals surface area (Å²) in [5.74, 6) is -0.297. The Labute approximate surface area is 149 Å². The molecule has 0 aliphatic carbocycles. The number of carbonyl (C=O) groups excluding carboxylic acids is 2. The number of hydroxylamine groups is 2. The van der Waals surface area contributed by atoms with Gasteiger partial charge in [0.1, 0.15) is 11.1 Å². The number of anilines is 2. The fourth-order valence-corrected chi connectivity index (χ4v) is 2.45. The van der Waals surface area contributed by atoms with Crippen molar-refractivity contribution in [3.8, 4) is 0 Å². The molecule has 25 heavy (non-hydrogen) atoms. The van der Waals surface area contributed by atoms with Gasteiger partial charge in [0.2, 0.25) is 5.13 Å². The monoisotopic (exact) mass is 364 g/mol. The first-order valence-corrected chi connectivity index (χ1v) is 8.32. The van der Waals surface area contributed by atoms with Crippen molar-refractivity contribution in [1.82, 2.24) is 15.3 Å². The summed E-state index contributed by atoms with van der Waals surface area (Å²) in [6.07, 6.45) is -0.572. The first kappa shape index (κ1) is 18.8. The highest BCUT2D eigenvalue weighted by atomic mass is 32.1. The molecule has 0 atom stereocenters. The van der Waals surface area contributed by atoms with Crippen molar-refractivity contribution in [3.05, 3.63) is 35.3 Å². The van der Waals surface area contributed by atoms with Gasteiger partial charge in [-0.1, -0.05) is 11.3 Å². The van der Waals surface area contributed by atoms with Crippen LogP contribution in [0.3, 0.4) is 0 Å². The van der Waals surface area contributed by atoms with Crippen molar-refractivity contribution in [2.24, 2.45) is 0 Å². The molecule has 2 rings (SSSR count). The Hall–Kier alpha value is -2.52. The van der Waals surface area contributed by atoms with E-state index in [4.69, 9.17) is 9.57 Å². The molecule has 0 aliphatic heterocycles. The van der Waals surface area contributed by atoms with Crippen molar-refractivity contribution < 1.29 is 19.2 Å². The van der Waals surface area contributed by atoms with Gasteiger partial charge in [-0.25, -0.2) is 14.8 Å². The molecule has 0 saturated heterocycles. The number of hydrogen-bond donors (Lipinski definition) is 0. The topological polar surface area (TPSA) is 84.9 Å². The molecule has 0 radical (unpaired) electrons. The van der Waals surface area contributed by atoms with E-state index < -0.39 is 11.7 Å². The Morgan fingerprint density at radius 3 is 2.28 bits per heavy atom. The average Bonchev–Trinajstić information content (AvgIpc) is 3.06. The zero-order valence-electron chi connectivity index (χ0n) is 14.7. The van der Waals surface area contributed by atoms with E-state index in [1.54, 1.807) is 45.0 Å². The van der Waals surface area contributed by atoms with Crippen molar-refractivity contribution in [1.29, 1.82) is 0 Å². The van der Waals surface area contributed by atoms with Crippen LogP contribution in [-0.4, -0.2) is 47.0 Å². The quantitative estimate of drug-likeness (QED) is 0.774. The van der Waals surface area contributed by atoms with Crippen LogP contribution in [-0.2, 0) is 9.57 Å². The van der Waals surface area contributed by atoms with Crippen LogP contribution in [0.5, 0.6) is 0 Å². The second-order valence-corrected chi connectivity index (χ2v) is 6.88. The fourth-order valence-electron chi connectivity index (χ4n) is 1.88. The number of carbonyl (C=O) groups is 2. The van der Waals surface area contributed by atoms with Crippen LogP contribution >= 0.6 is 11.3 Å². The molecule has 8 nitrogen and oxygen atoms in total. The van der Waals surface area contributed by atoms with E-state index in [0.717, 1.165) is 5.06 Å². The molecular formula is C16H20N4O4S. The number of nitrogens with zero attached hydrogens (tertiary/aromatic N) is 4. The molecule has 0 spiro atoms. The molecule has 0 fully saturated rings. The second-order valence-electron chi connectivity index (χ2n) is 6.07. The molecule has 2 amide bonds. The molecule has 0 N–H and O–H groups in total. The van der Waals surface area contributed by atoms with Crippen LogP contribution < -0.4 is 4.90 Å². The fraction of sp³-hybridized carbons (Fsp3) is 0.375. The zero-order chi connectivity index (χ0) is 18.6. The maximum absolute atomic E-state index is 12.6. The standard InChI is InChI=1S/C16H20N4O4S/c1-16(2,3)24-15(22)20(14-18-17-10-25-14)12-8-6-11(7-9-12)13(21)19(4)23-5/h6-10H,1-5H3. The van der Waals surface area contributed by atoms with Crippen molar-refractivity contribution >= 4 is 34.2 Å². The van der Waals surface area contributed by atoms with E-state index in [9.17, 15) is 9.59 Å². The largest absolute Gasteiger partial charge is 0.443 e. The van der Waals surface area contributed by atoms with E-state index in [2.05, 4.69) is 10.2 Å². The maximum atomic E-state index is 12.6. The van der Waals surface area contributed by atoms with Crippen LogP contribution in [0.2, 0.25) is 0 Å². The van der Waals surface area contributed by atoms with Gasteiger partial charge in [0.05, 0.1) is 12.8 Å². The lowest BCUT2D eigenvalue weighted by Gasteiger charge is -2.25. The molecule has 9 heteroatoms. The van der Waals surface area contributed by atoms with Gasteiger partial charge in [-0.2, -0.15) is 0 Å². The number of amides is 2. The van der Waals surface area contributed by atoms with Gasteiger partial charge < -0.3 is 4.74 Å². The summed E-state index contributed by atoms with van der Waals surface area (Å²) in [5, 5.41) is 9.20. The van der Waals surface area contributed by atoms with Crippen LogP contribution in [0.25, 0.3) is 0 Å². The molecular weight excluding hydrogens is 344 g/mol. The molecule has 2 aromatic rings. The minimum absolute atomic E-state index is 0.297. The van der Waals surface area contributed by atoms with Crippen molar-refractivity contribution in [2.45, 2.75) is 26.4 Å². The van der Waals surface area contributed by atoms with Crippen LogP contribution in [0, 0.1) is 0 Å². The summed E-state index contributed by atoms with van der Waals surface area (Å²) >= 11 is 1.21. The predicted octanol–water partition coefficient (Wildman–Crippen LogP) is 3.24. The first-order valence-electron chi connectivity index (χ1n) is 7.44. The molecule has 0 bridgehead atoms. The highest BCUT2D eigenvalue weighted by Gasteiger charge is 2.27. The summed E-state index contributed by atoms with van der Waals surface area (Å²) in [6.45, 7) is 5.35. The Kier molecular flexibility index (Phi) is 5.70. The first-order chi connectivity index (χ1) is 11.7. The summed E-state index contributed by atoms with van der Waals surface area (Å²) in [4.78, 5) is 30.9. The van der Waals surface area contributed by atoms with E-state index in [1.165, 1.54) is 35.9 Å². The lowest BCUT2D eigenvalue weighted by molar-refractivity contribution is -0.0756. The third-order valence-corrected chi connectivity index (χ3v) is 3.72. The smallest absolute Gasteiger partial charge is 0.421 e. The van der Waals surface area contributed by atoms with Gasteiger partial charge >= 0.3 is 6.09 Å². The minimum atomic E-state index is -0.656. The molecule has 0 unspecified atom stereocenters. The van der Waals surface area contributed by atoms with E-state index in [1.807, 2.05) is 0 Å². The van der Waals surface area contributed by atoms with Gasteiger partial charge in [0, 0.05) is 12.6 Å². The second kappa shape index (κ2) is 7.58. The van der Waals surface area contributed by atoms with Gasteiger partial charge in [-0.15, -0.1) is 10.2 Å². The summed E-state index contributed by atoms with van der Waals surface area (Å²) in [7, 11) is 2.93. The summed E-state index contributed by atoms with van der Waals surface area (Å²) < 4.78 is 5.44. The van der Waals surface area contributed by atoms with Crippen LogP contribution in [0.15, 0.2) is 29.8 Å². The third kappa shape index (κ3) is 4.74. The van der Waals surface area contributed by atoms with Gasteiger partial charge in [-0.05, 0) is 45.0 Å². The summed E-state index contributed by atoms with van der Waals surface area (Å²) in [5.41, 5.74) is 1.81. The lowest BCUT2D eigenvalue weighted by atomic mass is 10.2. The highest BCUT2D eigenvalue weighted by Crippen LogP contribution is 2.29. The molecule has 1 heterocycles. The van der Waals surface area contributed by atoms with E-state index >= 15 is 0 Å². The van der Waals surface area contributed by atoms with Gasteiger partial charge in [0.25, 0.3) is 5.91 Å². The van der Waals surface area contributed by atoms with E-state index in [-0.39, 0.29) is 5.91 Å². The van der Waals surface area contributed by atoms with Gasteiger partial charge in [-0.3, -0.25) is 9.63 Å². The number of hydrogen-bond acceptors (Lipinski definition) is 7. The normalized spacial score (nSPS) is 11.1. The van der Waals surface area contributed by atoms with E-state index in [0.29, 0.717) is 16.4 Å². The van der Waals surface area contributed by atoms with Gasteiger partial charge in [0.15, 0.2) is 0 Å². The average molecular weight is 364 g/mol. The van der Waals surface area contributed by atoms with Crippen LogP contribution in [0.4, 0.5) is 15.6 Å². The summed E-state index contributed by atoms with van der Waals surface area (Å²) in [6, 6.07) is 6.49. The van der Waals surface area contributed by atoms with Crippen LogP contribution in [0.1, 0.15) is 31.1 Å². The molecule has 0 saturated carbocycles. The Bertz CT molecular complexity index is 726. The number of benzene rings is 1. The third-order valence-electron chi connectivity index (χ3n) is 3.05. The molecule has 1 aromatic heterocycles. The molecule has 134 valence electrons.